The highest BCUT2D eigenvalue weighted by molar-refractivity contribution is 7.99. The van der Waals surface area contributed by atoms with Crippen molar-refractivity contribution in [1.29, 1.82) is 0 Å². The molecular weight excluding hydrogens is 719 g/mol. The molecule has 0 radical (unpaired) electrons. The van der Waals surface area contributed by atoms with Gasteiger partial charge in [0.25, 0.3) is 0 Å². The van der Waals surface area contributed by atoms with E-state index in [2.05, 4.69) is 16.0 Å². The van der Waals surface area contributed by atoms with Gasteiger partial charge in [-0.3, -0.25) is 0 Å². The van der Waals surface area contributed by atoms with Crippen molar-refractivity contribution in [1.82, 2.24) is 9.97 Å². The highest BCUT2D eigenvalue weighted by Crippen LogP contribution is 2.45. The Labute approximate surface area is 310 Å². The highest BCUT2D eigenvalue weighted by Gasteiger charge is 2.34. The summed E-state index contributed by atoms with van der Waals surface area (Å²) in [5.74, 6) is 2.11. The molecule has 14 heteroatoms. The lowest BCUT2D eigenvalue weighted by molar-refractivity contribution is 0.162. The normalized spacial score (nSPS) is 15.9. The minimum atomic E-state index is -3.60. The lowest BCUT2D eigenvalue weighted by Crippen LogP contribution is -2.22. The van der Waals surface area contributed by atoms with Crippen LogP contribution in [0.2, 0.25) is 10.3 Å². The van der Waals surface area contributed by atoms with Gasteiger partial charge in [-0.2, -0.15) is 0 Å². The number of hydrogen-bond donors (Lipinski definition) is 2. The summed E-state index contributed by atoms with van der Waals surface area (Å²) >= 11 is 13.5. The van der Waals surface area contributed by atoms with Crippen molar-refractivity contribution in [3.63, 3.8) is 0 Å². The summed E-state index contributed by atoms with van der Waals surface area (Å²) in [6, 6.07) is 21.7. The molecule has 0 amide bonds. The van der Waals surface area contributed by atoms with Crippen molar-refractivity contribution in [2.75, 3.05) is 51.1 Å². The molecular formula is C36H46Cl2N4O6S2. The van der Waals surface area contributed by atoms with Gasteiger partial charge in [0.2, 0.25) is 0 Å². The van der Waals surface area contributed by atoms with Gasteiger partial charge in [-0.1, -0.05) is 59.6 Å². The average molecular weight is 766 g/mol. The summed E-state index contributed by atoms with van der Waals surface area (Å²) < 4.78 is 46.5. The summed E-state index contributed by atoms with van der Waals surface area (Å²) in [7, 11) is -3.60. The van der Waals surface area contributed by atoms with E-state index >= 15 is 0 Å². The van der Waals surface area contributed by atoms with E-state index in [4.69, 9.17) is 53.6 Å². The Morgan fingerprint density at radius 1 is 0.740 bits per heavy atom. The first-order chi connectivity index (χ1) is 24.0. The Morgan fingerprint density at radius 2 is 1.24 bits per heavy atom. The summed E-state index contributed by atoms with van der Waals surface area (Å²) in [6.07, 6.45) is 1.36. The van der Waals surface area contributed by atoms with E-state index in [1.165, 1.54) is 17.7 Å². The lowest BCUT2D eigenvalue weighted by Gasteiger charge is -2.25. The minimum absolute atomic E-state index is 0.0638. The van der Waals surface area contributed by atoms with E-state index in [0.29, 0.717) is 40.6 Å². The molecule has 2 aromatic heterocycles. The van der Waals surface area contributed by atoms with Crippen molar-refractivity contribution in [2.24, 2.45) is 0 Å². The van der Waals surface area contributed by atoms with Crippen LogP contribution in [0.1, 0.15) is 62.2 Å². The third-order valence-corrected chi connectivity index (χ3v) is 11.0. The van der Waals surface area contributed by atoms with Gasteiger partial charge in [0.1, 0.15) is 33.4 Å². The molecule has 4 aromatic rings. The molecule has 10 nitrogen and oxygen atoms in total. The molecule has 2 atom stereocenters. The third kappa shape index (κ3) is 12.5. The number of para-hydroxylation sites is 2. The number of hydrogen-bond acceptors (Lipinski definition) is 11. The Balaban J connectivity index is 0.000000214. The molecule has 0 bridgehead atoms. The summed E-state index contributed by atoms with van der Waals surface area (Å²) in [5, 5.41) is 0.194. The second-order valence-electron chi connectivity index (χ2n) is 10.7. The van der Waals surface area contributed by atoms with Gasteiger partial charge >= 0.3 is 0 Å². The van der Waals surface area contributed by atoms with Crippen LogP contribution in [0, 0.1) is 0 Å². The van der Waals surface area contributed by atoms with Gasteiger partial charge in [0, 0.05) is 54.1 Å². The first-order valence-corrected chi connectivity index (χ1v) is 19.6. The molecule has 2 aliphatic heterocycles. The Hall–Kier alpha value is -3.26. The molecule has 2 aromatic carbocycles. The van der Waals surface area contributed by atoms with Crippen molar-refractivity contribution in [3.8, 4) is 11.5 Å². The van der Waals surface area contributed by atoms with Crippen LogP contribution in [-0.4, -0.2) is 58.0 Å². The highest BCUT2D eigenvalue weighted by atomic mass is 35.5. The second kappa shape index (κ2) is 21.2. The van der Waals surface area contributed by atoms with E-state index in [1.807, 2.05) is 64.1 Å². The minimum Gasteiger partial charge on any atom is -0.493 e. The molecule has 4 heterocycles. The fraction of sp³-hybridized carbons (Fsp3) is 0.389. The average Bonchev–Trinajstić information content (AvgIpc) is 3.09. The molecule has 0 saturated heterocycles. The fourth-order valence-electron chi connectivity index (χ4n) is 5.02. The quantitative estimate of drug-likeness (QED) is 0.166. The van der Waals surface area contributed by atoms with E-state index in [1.54, 1.807) is 30.0 Å². The van der Waals surface area contributed by atoms with Crippen LogP contribution < -0.4 is 20.9 Å². The van der Waals surface area contributed by atoms with Crippen molar-refractivity contribution in [2.45, 2.75) is 60.8 Å². The van der Waals surface area contributed by atoms with E-state index < -0.39 is 15.1 Å². The monoisotopic (exact) mass is 764 g/mol. The summed E-state index contributed by atoms with van der Waals surface area (Å²) in [6.45, 7) is 12.4. The second-order valence-corrected chi connectivity index (χ2v) is 14.8. The standard InChI is InChI=1S/C14H13ClN2O3S.C14H13ClN2OS.2C4H10O/c15-13-7-9(8-14(16)17-13)21(18,19)12-5-6-20-11-4-2-1-3-10(11)12;15-13-7-9(8-14(16)17-13)19-12-5-6-18-11-4-2-1-3-10(11)12;2*1-3-5-4-2/h1-4,7-8,12H,5-6H2,(H2,16,17);1-4,7-8,12H,5-6H2,(H2,16,17);2*3-4H2,1-2H3. The molecule has 4 N–H and O–H groups in total. The van der Waals surface area contributed by atoms with Crippen LogP contribution >= 0.6 is 35.0 Å². The van der Waals surface area contributed by atoms with Crippen molar-refractivity contribution < 1.29 is 27.4 Å². The van der Waals surface area contributed by atoms with Crippen LogP contribution in [0.25, 0.3) is 0 Å². The van der Waals surface area contributed by atoms with Crippen LogP contribution in [0.5, 0.6) is 11.5 Å². The first kappa shape index (κ1) is 41.2. The molecule has 6 rings (SSSR count). The number of anilines is 2. The van der Waals surface area contributed by atoms with E-state index in [9.17, 15) is 8.42 Å². The SMILES string of the molecule is CCOCC.CCOCC.Nc1cc(S(=O)(=O)C2CCOc3ccccc32)cc(Cl)n1.Nc1cc(SC2CCOc3ccccc32)cc(Cl)n1. The number of fused-ring (bicyclic) bond motifs is 2. The summed E-state index contributed by atoms with van der Waals surface area (Å²) in [5.41, 5.74) is 13.2. The molecule has 0 saturated carbocycles. The molecule has 272 valence electrons. The largest absolute Gasteiger partial charge is 0.493 e. The molecule has 0 spiro atoms. The van der Waals surface area contributed by atoms with Gasteiger partial charge in [-0.15, -0.1) is 11.8 Å². The first-order valence-electron chi connectivity index (χ1n) is 16.4. The van der Waals surface area contributed by atoms with Crippen LogP contribution in [0.15, 0.2) is 82.6 Å². The maximum Gasteiger partial charge on any atom is 0.185 e. The number of sulfone groups is 1. The number of nitrogens with two attached hydrogens (primary N) is 2. The van der Waals surface area contributed by atoms with Crippen molar-refractivity contribution >= 4 is 56.4 Å². The van der Waals surface area contributed by atoms with Crippen LogP contribution in [0.3, 0.4) is 0 Å². The predicted octanol–water partition coefficient (Wildman–Crippen LogP) is 8.63. The van der Waals surface area contributed by atoms with Gasteiger partial charge in [-0.25, -0.2) is 18.4 Å². The van der Waals surface area contributed by atoms with E-state index in [-0.39, 0.29) is 15.9 Å². The number of rotatable bonds is 8. The fourth-order valence-corrected chi connectivity index (χ4v) is 8.64. The molecule has 0 fully saturated rings. The number of benzene rings is 2. The zero-order valence-corrected chi connectivity index (χ0v) is 32.0. The number of nitrogen functional groups attached to an aromatic ring is 2. The number of aromatic nitrogens is 2. The lowest BCUT2D eigenvalue weighted by atomic mass is 10.1. The zero-order valence-electron chi connectivity index (χ0n) is 28.8. The maximum atomic E-state index is 12.9. The molecule has 2 aliphatic rings. The predicted molar refractivity (Wildman–Crippen MR) is 203 cm³/mol. The number of nitrogens with zero attached hydrogens (tertiary/aromatic N) is 2. The van der Waals surface area contributed by atoms with Gasteiger partial charge in [0.15, 0.2) is 9.84 Å². The Kier molecular flexibility index (Phi) is 17.4. The Bertz CT molecular complexity index is 1700. The smallest absolute Gasteiger partial charge is 0.185 e. The Morgan fingerprint density at radius 3 is 1.78 bits per heavy atom. The van der Waals surface area contributed by atoms with Gasteiger partial charge in [-0.05, 0) is 70.5 Å². The van der Waals surface area contributed by atoms with Crippen LogP contribution in [0.4, 0.5) is 11.6 Å². The van der Waals surface area contributed by atoms with Gasteiger partial charge in [0.05, 0.1) is 23.4 Å². The number of pyridine rings is 2. The third-order valence-electron chi connectivity index (χ3n) is 7.18. The molecule has 50 heavy (non-hydrogen) atoms. The molecule has 2 unspecified atom stereocenters. The number of thioether (sulfide) groups is 1. The van der Waals surface area contributed by atoms with Gasteiger partial charge < -0.3 is 30.4 Å². The molecule has 0 aliphatic carbocycles. The number of halogens is 2. The number of ether oxygens (including phenoxy) is 4. The topological polar surface area (TPSA) is 149 Å². The zero-order chi connectivity index (χ0) is 36.5. The summed E-state index contributed by atoms with van der Waals surface area (Å²) in [4.78, 5) is 8.89. The van der Waals surface area contributed by atoms with Crippen LogP contribution in [-0.2, 0) is 19.3 Å². The van der Waals surface area contributed by atoms with Crippen molar-refractivity contribution in [3.05, 3.63) is 94.2 Å². The maximum absolute atomic E-state index is 12.9. The van der Waals surface area contributed by atoms with E-state index in [0.717, 1.165) is 50.1 Å².